The van der Waals surface area contributed by atoms with E-state index in [9.17, 15) is 4.79 Å². The molecule has 3 N–H and O–H groups in total. The van der Waals surface area contributed by atoms with Crippen molar-refractivity contribution in [3.8, 4) is 0 Å². The average molecular weight is 240 g/mol. The van der Waals surface area contributed by atoms with E-state index in [0.717, 1.165) is 0 Å². The van der Waals surface area contributed by atoms with E-state index in [0.29, 0.717) is 6.42 Å². The van der Waals surface area contributed by atoms with Crippen LogP contribution in [0.5, 0.6) is 0 Å². The number of nitrogens with one attached hydrogen (secondary N) is 1. The van der Waals surface area contributed by atoms with Gasteiger partial charge in [-0.25, -0.2) is 0 Å². The minimum Gasteiger partial charge on any atom is -0.349 e. The number of hydrogen-bond donors (Lipinski definition) is 2. The number of hydrogen-bond acceptors (Lipinski definition) is 3. The molecule has 0 bridgehead atoms. The Morgan fingerprint density at radius 1 is 1.56 bits per heavy atom. The van der Waals surface area contributed by atoms with E-state index in [1.165, 1.54) is 9.75 Å². The molecule has 0 spiro atoms. The number of nitrogens with two attached hydrogens (primary N) is 1. The molecule has 0 aliphatic rings. The topological polar surface area (TPSA) is 55.1 Å². The summed E-state index contributed by atoms with van der Waals surface area (Å²) in [5.41, 5.74) is 5.35. The lowest BCUT2D eigenvalue weighted by Gasteiger charge is -2.19. The van der Waals surface area contributed by atoms with E-state index >= 15 is 0 Å². The number of thiophene rings is 1. The Kier molecular flexibility index (Phi) is 4.10. The van der Waals surface area contributed by atoms with Crippen molar-refractivity contribution in [3.05, 3.63) is 21.9 Å². The maximum atomic E-state index is 11.7. The number of amides is 1. The van der Waals surface area contributed by atoms with Gasteiger partial charge in [0.1, 0.15) is 0 Å². The van der Waals surface area contributed by atoms with Gasteiger partial charge in [-0.1, -0.05) is 0 Å². The second-order valence-electron chi connectivity index (χ2n) is 4.90. The highest BCUT2D eigenvalue weighted by Gasteiger charge is 2.18. The molecule has 90 valence electrons. The SMILES string of the molecule is Cc1ccc(C(C)NC(=O)CC(C)(C)N)s1. The summed E-state index contributed by atoms with van der Waals surface area (Å²) in [5.74, 6) is 0.00560. The highest BCUT2D eigenvalue weighted by Crippen LogP contribution is 2.22. The van der Waals surface area contributed by atoms with Gasteiger partial charge in [0.05, 0.1) is 6.04 Å². The van der Waals surface area contributed by atoms with Gasteiger partial charge in [0.2, 0.25) is 5.91 Å². The van der Waals surface area contributed by atoms with Gasteiger partial charge in [0.25, 0.3) is 0 Å². The van der Waals surface area contributed by atoms with E-state index in [4.69, 9.17) is 5.73 Å². The van der Waals surface area contributed by atoms with Gasteiger partial charge in [-0.2, -0.15) is 0 Å². The number of carbonyl (C=O) groups is 1. The molecule has 3 nitrogen and oxygen atoms in total. The molecule has 1 atom stereocenters. The Bertz CT molecular complexity index is 365. The Balaban J connectivity index is 2.52. The molecule has 1 rings (SSSR count). The zero-order valence-corrected chi connectivity index (χ0v) is 11.1. The van der Waals surface area contributed by atoms with Gasteiger partial charge in [0.15, 0.2) is 0 Å². The third kappa shape index (κ3) is 4.33. The Labute approximate surface area is 101 Å². The highest BCUT2D eigenvalue weighted by molar-refractivity contribution is 7.12. The largest absolute Gasteiger partial charge is 0.349 e. The summed E-state index contributed by atoms with van der Waals surface area (Å²) in [4.78, 5) is 14.1. The quantitative estimate of drug-likeness (QED) is 0.849. The molecule has 4 heteroatoms. The fourth-order valence-electron chi connectivity index (χ4n) is 1.46. The van der Waals surface area contributed by atoms with Gasteiger partial charge >= 0.3 is 0 Å². The maximum absolute atomic E-state index is 11.7. The van der Waals surface area contributed by atoms with Crippen molar-refractivity contribution >= 4 is 17.2 Å². The predicted molar refractivity (Wildman–Crippen MR) is 68.5 cm³/mol. The summed E-state index contributed by atoms with van der Waals surface area (Å²) in [7, 11) is 0. The van der Waals surface area contributed by atoms with Gasteiger partial charge in [-0.15, -0.1) is 11.3 Å². The molecule has 1 unspecified atom stereocenters. The Hall–Kier alpha value is -0.870. The van der Waals surface area contributed by atoms with E-state index in [1.807, 2.05) is 20.8 Å². The lowest BCUT2D eigenvalue weighted by molar-refractivity contribution is -0.122. The van der Waals surface area contributed by atoms with E-state index in [2.05, 4.69) is 24.4 Å². The first kappa shape index (κ1) is 13.2. The molecule has 0 aliphatic heterocycles. The second kappa shape index (κ2) is 4.97. The molecule has 0 radical (unpaired) electrons. The lowest BCUT2D eigenvalue weighted by atomic mass is 10.0. The Morgan fingerprint density at radius 3 is 2.62 bits per heavy atom. The van der Waals surface area contributed by atoms with Crippen molar-refractivity contribution in [2.45, 2.75) is 45.7 Å². The normalized spacial score (nSPS) is 13.6. The van der Waals surface area contributed by atoms with Gasteiger partial charge < -0.3 is 11.1 Å². The van der Waals surface area contributed by atoms with Crippen molar-refractivity contribution in [1.29, 1.82) is 0 Å². The first-order chi connectivity index (χ1) is 7.28. The summed E-state index contributed by atoms with van der Waals surface area (Å²) < 4.78 is 0. The maximum Gasteiger partial charge on any atom is 0.222 e. The van der Waals surface area contributed by atoms with Crippen molar-refractivity contribution in [2.75, 3.05) is 0 Å². The summed E-state index contributed by atoms with van der Waals surface area (Å²) in [6.45, 7) is 7.76. The third-order valence-electron chi connectivity index (χ3n) is 2.18. The monoisotopic (exact) mass is 240 g/mol. The molecular formula is C12H20N2OS. The molecule has 1 aromatic rings. The van der Waals surface area contributed by atoms with Crippen molar-refractivity contribution < 1.29 is 4.79 Å². The molecule has 0 aliphatic carbocycles. The van der Waals surface area contributed by atoms with Crippen LogP contribution in [0.3, 0.4) is 0 Å². The smallest absolute Gasteiger partial charge is 0.222 e. The van der Waals surface area contributed by atoms with E-state index in [-0.39, 0.29) is 11.9 Å². The predicted octanol–water partition coefficient (Wildman–Crippen LogP) is 2.36. The number of rotatable bonds is 4. The molecule has 1 heterocycles. The van der Waals surface area contributed by atoms with Crippen molar-refractivity contribution in [3.63, 3.8) is 0 Å². The molecule has 0 fully saturated rings. The number of carbonyl (C=O) groups excluding carboxylic acids is 1. The average Bonchev–Trinajstić information content (AvgIpc) is 2.47. The van der Waals surface area contributed by atoms with Crippen LogP contribution >= 0.6 is 11.3 Å². The van der Waals surface area contributed by atoms with Crippen LogP contribution in [-0.2, 0) is 4.79 Å². The first-order valence-electron chi connectivity index (χ1n) is 5.42. The van der Waals surface area contributed by atoms with Crippen molar-refractivity contribution in [2.24, 2.45) is 5.73 Å². The minimum atomic E-state index is -0.449. The molecule has 16 heavy (non-hydrogen) atoms. The fraction of sp³-hybridized carbons (Fsp3) is 0.583. The molecule has 1 amide bonds. The third-order valence-corrected chi connectivity index (χ3v) is 3.36. The Morgan fingerprint density at radius 2 is 2.19 bits per heavy atom. The number of aryl methyl sites for hydroxylation is 1. The standard InChI is InChI=1S/C12H20N2OS/c1-8-5-6-10(16-8)9(2)14-11(15)7-12(3,4)13/h5-6,9H,7,13H2,1-4H3,(H,14,15). The lowest BCUT2D eigenvalue weighted by Crippen LogP contribution is -2.39. The summed E-state index contributed by atoms with van der Waals surface area (Å²) in [5, 5.41) is 2.96. The van der Waals surface area contributed by atoms with E-state index < -0.39 is 5.54 Å². The van der Waals surface area contributed by atoms with Crippen LogP contribution in [-0.4, -0.2) is 11.4 Å². The van der Waals surface area contributed by atoms with Crippen LogP contribution in [0.2, 0.25) is 0 Å². The molecule has 0 saturated heterocycles. The first-order valence-corrected chi connectivity index (χ1v) is 6.24. The van der Waals surface area contributed by atoms with Crippen LogP contribution in [0.15, 0.2) is 12.1 Å². The second-order valence-corrected chi connectivity index (χ2v) is 6.22. The molecular weight excluding hydrogens is 220 g/mol. The summed E-state index contributed by atoms with van der Waals surface area (Å²) >= 11 is 1.71. The molecule has 0 saturated carbocycles. The molecule has 0 aromatic carbocycles. The van der Waals surface area contributed by atoms with Crippen molar-refractivity contribution in [1.82, 2.24) is 5.32 Å². The van der Waals surface area contributed by atoms with Gasteiger partial charge in [-0.3, -0.25) is 4.79 Å². The van der Waals surface area contributed by atoms with Crippen LogP contribution in [0.1, 0.15) is 43.0 Å². The summed E-state index contributed by atoms with van der Waals surface area (Å²) in [6.07, 6.45) is 0.349. The minimum absolute atomic E-state index is 0.00560. The summed E-state index contributed by atoms with van der Waals surface area (Å²) in [6, 6.07) is 4.18. The zero-order valence-electron chi connectivity index (χ0n) is 10.3. The van der Waals surface area contributed by atoms with Crippen LogP contribution in [0, 0.1) is 6.92 Å². The van der Waals surface area contributed by atoms with E-state index in [1.54, 1.807) is 11.3 Å². The van der Waals surface area contributed by atoms with Crippen LogP contribution in [0.4, 0.5) is 0 Å². The van der Waals surface area contributed by atoms with Crippen LogP contribution < -0.4 is 11.1 Å². The molecule has 1 aromatic heterocycles. The zero-order chi connectivity index (χ0) is 12.3. The highest BCUT2D eigenvalue weighted by atomic mass is 32.1. The van der Waals surface area contributed by atoms with Crippen LogP contribution in [0.25, 0.3) is 0 Å². The fourth-order valence-corrected chi connectivity index (χ4v) is 2.34. The van der Waals surface area contributed by atoms with Gasteiger partial charge in [0, 0.05) is 21.7 Å². The van der Waals surface area contributed by atoms with Gasteiger partial charge in [-0.05, 0) is 39.8 Å².